The summed E-state index contributed by atoms with van der Waals surface area (Å²) < 4.78 is 5.53. The molecule has 0 radical (unpaired) electrons. The minimum absolute atomic E-state index is 0.294. The van der Waals surface area contributed by atoms with Crippen molar-refractivity contribution in [1.29, 1.82) is 0 Å². The van der Waals surface area contributed by atoms with E-state index in [1.807, 2.05) is 6.92 Å². The van der Waals surface area contributed by atoms with E-state index in [0.29, 0.717) is 36.3 Å². The Morgan fingerprint density at radius 2 is 1.84 bits per heavy atom. The number of aromatic nitrogens is 2. The fourth-order valence-corrected chi connectivity index (χ4v) is 5.43. The number of rotatable bonds is 4. The molecule has 3 fully saturated rings. The number of hydrogen-bond donors (Lipinski definition) is 1. The van der Waals surface area contributed by atoms with Gasteiger partial charge in [0.25, 0.3) is 0 Å². The van der Waals surface area contributed by atoms with Crippen molar-refractivity contribution in [3.63, 3.8) is 0 Å². The lowest BCUT2D eigenvalue weighted by atomic mass is 9.64. The third-order valence-electron chi connectivity index (χ3n) is 7.05. The third kappa shape index (κ3) is 3.62. The van der Waals surface area contributed by atoms with Crippen LogP contribution >= 0.6 is 0 Å². The fourth-order valence-electron chi connectivity index (χ4n) is 5.43. The third-order valence-corrected chi connectivity index (χ3v) is 7.05. The van der Waals surface area contributed by atoms with Crippen molar-refractivity contribution in [3.8, 4) is 0 Å². The fraction of sp³-hybridized carbons (Fsp3) is 0.895. The van der Waals surface area contributed by atoms with Crippen molar-refractivity contribution in [2.24, 2.45) is 11.3 Å². The number of likely N-dealkylation sites (tertiary alicyclic amines) is 2. The zero-order valence-electron chi connectivity index (χ0n) is 15.5. The van der Waals surface area contributed by atoms with Crippen molar-refractivity contribution < 1.29 is 9.52 Å². The quantitative estimate of drug-likeness (QED) is 0.900. The Kier molecular flexibility index (Phi) is 5.11. The second-order valence-electron chi connectivity index (χ2n) is 8.42. The highest BCUT2D eigenvalue weighted by Gasteiger charge is 2.45. The summed E-state index contributed by atoms with van der Waals surface area (Å²) in [7, 11) is 0. The van der Waals surface area contributed by atoms with Crippen LogP contribution in [0, 0.1) is 18.3 Å². The molecular weight excluding hydrogens is 316 g/mol. The van der Waals surface area contributed by atoms with Crippen molar-refractivity contribution >= 4 is 0 Å². The van der Waals surface area contributed by atoms with E-state index in [4.69, 9.17) is 4.42 Å². The maximum Gasteiger partial charge on any atom is 0.230 e. The van der Waals surface area contributed by atoms with Gasteiger partial charge in [0, 0.05) is 32.0 Å². The molecule has 0 amide bonds. The number of aliphatic hydroxyl groups is 1. The summed E-state index contributed by atoms with van der Waals surface area (Å²) >= 11 is 0. The highest BCUT2D eigenvalue weighted by atomic mass is 16.4. The second kappa shape index (κ2) is 7.33. The van der Waals surface area contributed by atoms with Gasteiger partial charge < -0.3 is 14.4 Å². The molecule has 1 atom stereocenters. The minimum Gasteiger partial charge on any atom is -0.424 e. The maximum atomic E-state index is 10.1. The molecule has 6 heteroatoms. The summed E-state index contributed by atoms with van der Waals surface area (Å²) in [5, 5.41) is 18.1. The van der Waals surface area contributed by atoms with Gasteiger partial charge in [0.15, 0.2) is 0 Å². The number of piperidine rings is 2. The number of hydrogen-bond acceptors (Lipinski definition) is 6. The summed E-state index contributed by atoms with van der Waals surface area (Å²) in [6.45, 7) is 7.30. The van der Waals surface area contributed by atoms with Gasteiger partial charge in [-0.3, -0.25) is 4.90 Å². The molecule has 2 aliphatic heterocycles. The molecule has 1 aromatic heterocycles. The Hall–Kier alpha value is -0.980. The first kappa shape index (κ1) is 17.4. The highest BCUT2D eigenvalue weighted by molar-refractivity contribution is 4.98. The van der Waals surface area contributed by atoms with Crippen molar-refractivity contribution in [2.75, 3.05) is 32.8 Å². The molecule has 0 bridgehead atoms. The van der Waals surface area contributed by atoms with Crippen molar-refractivity contribution in [3.05, 3.63) is 11.8 Å². The zero-order chi connectivity index (χ0) is 17.3. The van der Waals surface area contributed by atoms with Gasteiger partial charge >= 0.3 is 0 Å². The van der Waals surface area contributed by atoms with Gasteiger partial charge in [-0.15, -0.1) is 10.2 Å². The topological polar surface area (TPSA) is 65.6 Å². The Labute approximate surface area is 150 Å². The Bertz CT molecular complexity index is 562. The SMILES string of the molecule is Cc1nnc(CN2CCC3(CCN(C4CCCC4)CC3)C(CO)C2)o1. The normalized spacial score (nSPS) is 28.8. The minimum atomic E-state index is 0.294. The van der Waals surface area contributed by atoms with Gasteiger partial charge in [-0.2, -0.15) is 0 Å². The van der Waals surface area contributed by atoms with E-state index in [1.54, 1.807) is 0 Å². The van der Waals surface area contributed by atoms with Crippen LogP contribution in [0.15, 0.2) is 4.42 Å². The molecule has 1 unspecified atom stereocenters. The number of aliphatic hydroxyl groups excluding tert-OH is 1. The summed E-state index contributed by atoms with van der Waals surface area (Å²) in [5.74, 6) is 1.69. The number of aryl methyl sites for hydroxylation is 1. The first-order valence-corrected chi connectivity index (χ1v) is 10.0. The summed E-state index contributed by atoms with van der Waals surface area (Å²) in [6, 6.07) is 0.839. The number of nitrogens with zero attached hydrogens (tertiary/aromatic N) is 4. The molecule has 1 aromatic rings. The molecule has 140 valence electrons. The van der Waals surface area contributed by atoms with Gasteiger partial charge in [0.05, 0.1) is 6.54 Å². The largest absolute Gasteiger partial charge is 0.424 e. The van der Waals surface area contributed by atoms with E-state index in [1.165, 1.54) is 58.0 Å². The van der Waals surface area contributed by atoms with Gasteiger partial charge in [0.2, 0.25) is 11.8 Å². The van der Waals surface area contributed by atoms with E-state index in [9.17, 15) is 5.11 Å². The van der Waals surface area contributed by atoms with Crippen LogP contribution in [0.25, 0.3) is 0 Å². The Balaban J connectivity index is 1.35. The molecule has 1 saturated carbocycles. The molecule has 6 nitrogen and oxygen atoms in total. The average molecular weight is 348 g/mol. The smallest absolute Gasteiger partial charge is 0.230 e. The van der Waals surface area contributed by atoms with Crippen molar-refractivity contribution in [1.82, 2.24) is 20.0 Å². The lowest BCUT2D eigenvalue weighted by molar-refractivity contribution is -0.0514. The van der Waals surface area contributed by atoms with E-state index in [0.717, 1.165) is 19.1 Å². The van der Waals surface area contributed by atoms with E-state index >= 15 is 0 Å². The molecule has 3 aliphatic rings. The standard InChI is InChI=1S/C19H32N4O2/c1-15-20-21-18(25-15)13-22-9-6-19(16(12-22)14-24)7-10-23(11-8-19)17-4-2-3-5-17/h16-17,24H,2-14H2,1H3. The second-order valence-corrected chi connectivity index (χ2v) is 8.42. The van der Waals surface area contributed by atoms with Crippen LogP contribution in [0.5, 0.6) is 0 Å². The molecule has 1 spiro atoms. The lowest BCUT2D eigenvalue weighted by Gasteiger charge is -2.52. The predicted molar refractivity (Wildman–Crippen MR) is 95.0 cm³/mol. The maximum absolute atomic E-state index is 10.1. The predicted octanol–water partition coefficient (Wildman–Crippen LogP) is 2.22. The van der Waals surface area contributed by atoms with Gasteiger partial charge in [-0.1, -0.05) is 12.8 Å². The van der Waals surface area contributed by atoms with Crippen LogP contribution in [0.1, 0.15) is 56.7 Å². The van der Waals surface area contributed by atoms with Gasteiger partial charge in [0.1, 0.15) is 0 Å². The van der Waals surface area contributed by atoms with Crippen LogP contribution in [0.3, 0.4) is 0 Å². The van der Waals surface area contributed by atoms with Gasteiger partial charge in [-0.25, -0.2) is 0 Å². The Morgan fingerprint density at radius 1 is 1.12 bits per heavy atom. The van der Waals surface area contributed by atoms with Crippen molar-refractivity contribution in [2.45, 2.75) is 64.5 Å². The first-order chi connectivity index (χ1) is 12.2. The summed E-state index contributed by atoms with van der Waals surface area (Å²) in [6.07, 6.45) is 9.31. The molecule has 1 N–H and O–H groups in total. The molecule has 4 rings (SSSR count). The van der Waals surface area contributed by atoms with Crippen LogP contribution in [0.4, 0.5) is 0 Å². The summed E-state index contributed by atoms with van der Waals surface area (Å²) in [5.41, 5.74) is 0.338. The van der Waals surface area contributed by atoms with Crippen LogP contribution < -0.4 is 0 Å². The highest BCUT2D eigenvalue weighted by Crippen LogP contribution is 2.46. The molecule has 2 saturated heterocycles. The van der Waals surface area contributed by atoms with Crippen LogP contribution in [-0.2, 0) is 6.54 Å². The van der Waals surface area contributed by atoms with E-state index in [-0.39, 0.29) is 0 Å². The Morgan fingerprint density at radius 3 is 2.48 bits per heavy atom. The molecule has 25 heavy (non-hydrogen) atoms. The monoisotopic (exact) mass is 348 g/mol. The zero-order valence-corrected chi connectivity index (χ0v) is 15.5. The summed E-state index contributed by atoms with van der Waals surface area (Å²) in [4.78, 5) is 5.11. The average Bonchev–Trinajstić information content (AvgIpc) is 3.29. The first-order valence-electron chi connectivity index (χ1n) is 10.0. The molecular formula is C19H32N4O2. The molecule has 0 aromatic carbocycles. The van der Waals surface area contributed by atoms with Crippen LogP contribution in [-0.4, -0.2) is 63.9 Å². The van der Waals surface area contributed by atoms with Crippen LogP contribution in [0.2, 0.25) is 0 Å². The molecule has 1 aliphatic carbocycles. The lowest BCUT2D eigenvalue weighted by Crippen LogP contribution is -2.54. The van der Waals surface area contributed by atoms with E-state index < -0.39 is 0 Å². The van der Waals surface area contributed by atoms with E-state index in [2.05, 4.69) is 20.0 Å². The molecule has 3 heterocycles. The van der Waals surface area contributed by atoms with Gasteiger partial charge in [-0.05, 0) is 57.2 Å².